The SMILES string of the molecule is CC(C)(C)CCNCc1ccc(OC2=CC=C(C(N)=O)CC2(F)F)cc1. The fourth-order valence-electron chi connectivity index (χ4n) is 2.46. The first kappa shape index (κ1) is 20.1. The molecule has 1 aliphatic rings. The molecule has 1 aromatic carbocycles. The van der Waals surface area contributed by atoms with E-state index >= 15 is 0 Å². The zero-order valence-electron chi connectivity index (χ0n) is 15.4. The van der Waals surface area contributed by atoms with Crippen LogP contribution in [0.1, 0.15) is 39.2 Å². The lowest BCUT2D eigenvalue weighted by Crippen LogP contribution is -2.30. The van der Waals surface area contributed by atoms with Crippen LogP contribution in [-0.2, 0) is 11.3 Å². The summed E-state index contributed by atoms with van der Waals surface area (Å²) < 4.78 is 33.5. The van der Waals surface area contributed by atoms with Crippen molar-refractivity contribution in [1.82, 2.24) is 5.32 Å². The molecule has 0 saturated carbocycles. The largest absolute Gasteiger partial charge is 0.455 e. The van der Waals surface area contributed by atoms with Crippen LogP contribution in [0.3, 0.4) is 0 Å². The average molecular weight is 364 g/mol. The summed E-state index contributed by atoms with van der Waals surface area (Å²) in [6, 6.07) is 6.99. The van der Waals surface area contributed by atoms with Crippen LogP contribution in [0.5, 0.6) is 5.75 Å². The Hall–Kier alpha value is -2.21. The second-order valence-electron chi connectivity index (χ2n) is 7.70. The number of alkyl halides is 2. The van der Waals surface area contributed by atoms with Gasteiger partial charge in [-0.05, 0) is 48.2 Å². The molecular weight excluding hydrogens is 338 g/mol. The highest BCUT2D eigenvalue weighted by molar-refractivity contribution is 5.92. The van der Waals surface area contributed by atoms with Crippen molar-refractivity contribution in [3.8, 4) is 5.75 Å². The quantitative estimate of drug-likeness (QED) is 0.721. The molecule has 0 fully saturated rings. The smallest absolute Gasteiger partial charge is 0.308 e. The van der Waals surface area contributed by atoms with E-state index < -0.39 is 24.0 Å². The van der Waals surface area contributed by atoms with Crippen LogP contribution in [0.2, 0.25) is 0 Å². The molecule has 0 unspecified atom stereocenters. The van der Waals surface area contributed by atoms with Crippen LogP contribution in [0, 0.1) is 5.41 Å². The fraction of sp³-hybridized carbons (Fsp3) is 0.450. The summed E-state index contributed by atoms with van der Waals surface area (Å²) in [6.07, 6.45) is 2.70. The maximum absolute atomic E-state index is 14.1. The molecule has 1 amide bonds. The Morgan fingerprint density at radius 3 is 2.42 bits per heavy atom. The van der Waals surface area contributed by atoms with Gasteiger partial charge in [-0.15, -0.1) is 0 Å². The molecule has 1 aromatic rings. The molecule has 2 rings (SSSR count). The third-order valence-corrected chi connectivity index (χ3v) is 4.06. The lowest BCUT2D eigenvalue weighted by Gasteiger charge is -2.23. The van der Waals surface area contributed by atoms with E-state index in [9.17, 15) is 13.6 Å². The summed E-state index contributed by atoms with van der Waals surface area (Å²) in [4.78, 5) is 11.1. The summed E-state index contributed by atoms with van der Waals surface area (Å²) in [6.45, 7) is 8.20. The van der Waals surface area contributed by atoms with Gasteiger partial charge in [0, 0.05) is 18.5 Å². The number of hydrogen-bond acceptors (Lipinski definition) is 3. The predicted octanol–water partition coefficient (Wildman–Crippen LogP) is 3.93. The first-order chi connectivity index (χ1) is 12.1. The maximum Gasteiger partial charge on any atom is 0.308 e. The fourth-order valence-corrected chi connectivity index (χ4v) is 2.46. The Kier molecular flexibility index (Phi) is 6.18. The Morgan fingerprint density at radius 2 is 1.88 bits per heavy atom. The molecule has 0 bridgehead atoms. The van der Waals surface area contributed by atoms with E-state index in [0.717, 1.165) is 24.6 Å². The zero-order chi connectivity index (χ0) is 19.4. The molecule has 1 aliphatic carbocycles. The van der Waals surface area contributed by atoms with Gasteiger partial charge < -0.3 is 15.8 Å². The topological polar surface area (TPSA) is 64.3 Å². The van der Waals surface area contributed by atoms with Crippen molar-refractivity contribution < 1.29 is 18.3 Å². The van der Waals surface area contributed by atoms with E-state index in [0.29, 0.717) is 12.3 Å². The van der Waals surface area contributed by atoms with Gasteiger partial charge in [0.05, 0.1) is 0 Å². The van der Waals surface area contributed by atoms with E-state index in [1.807, 2.05) is 12.1 Å². The molecule has 3 N–H and O–H groups in total. The first-order valence-corrected chi connectivity index (χ1v) is 8.63. The van der Waals surface area contributed by atoms with Crippen molar-refractivity contribution in [3.05, 3.63) is 53.3 Å². The molecule has 0 aliphatic heterocycles. The number of amides is 1. The van der Waals surface area contributed by atoms with Gasteiger partial charge in [0.2, 0.25) is 5.91 Å². The minimum Gasteiger partial charge on any atom is -0.455 e. The van der Waals surface area contributed by atoms with Gasteiger partial charge >= 0.3 is 5.92 Å². The van der Waals surface area contributed by atoms with Gasteiger partial charge in [-0.3, -0.25) is 4.79 Å². The number of primary amides is 1. The number of carbonyl (C=O) groups is 1. The van der Waals surface area contributed by atoms with E-state index in [-0.39, 0.29) is 11.0 Å². The Bertz CT molecular complexity index is 702. The molecule has 0 radical (unpaired) electrons. The number of carbonyl (C=O) groups excluding carboxylic acids is 1. The minimum absolute atomic E-state index is 0.112. The molecule has 4 nitrogen and oxygen atoms in total. The van der Waals surface area contributed by atoms with Crippen molar-refractivity contribution in [3.63, 3.8) is 0 Å². The molecule has 0 spiro atoms. The van der Waals surface area contributed by atoms with Gasteiger partial charge in [-0.1, -0.05) is 32.9 Å². The van der Waals surface area contributed by atoms with Gasteiger partial charge in [-0.2, -0.15) is 8.78 Å². The third-order valence-electron chi connectivity index (χ3n) is 4.06. The van der Waals surface area contributed by atoms with Crippen LogP contribution < -0.4 is 15.8 Å². The third kappa shape index (κ3) is 5.95. The predicted molar refractivity (Wildman–Crippen MR) is 97.8 cm³/mol. The number of rotatable bonds is 7. The van der Waals surface area contributed by atoms with Crippen LogP contribution >= 0.6 is 0 Å². The van der Waals surface area contributed by atoms with E-state index in [1.54, 1.807) is 12.1 Å². The monoisotopic (exact) mass is 364 g/mol. The lowest BCUT2D eigenvalue weighted by molar-refractivity contribution is -0.115. The summed E-state index contributed by atoms with van der Waals surface area (Å²) in [7, 11) is 0. The van der Waals surface area contributed by atoms with E-state index in [4.69, 9.17) is 10.5 Å². The summed E-state index contributed by atoms with van der Waals surface area (Å²) in [5, 5.41) is 3.36. The summed E-state index contributed by atoms with van der Waals surface area (Å²) >= 11 is 0. The molecule has 142 valence electrons. The zero-order valence-corrected chi connectivity index (χ0v) is 15.4. The van der Waals surface area contributed by atoms with Crippen LogP contribution in [-0.4, -0.2) is 18.4 Å². The van der Waals surface area contributed by atoms with Crippen molar-refractivity contribution in [2.24, 2.45) is 11.1 Å². The average Bonchev–Trinajstić information content (AvgIpc) is 2.53. The number of allylic oxidation sites excluding steroid dienone is 3. The molecule has 0 heterocycles. The minimum atomic E-state index is -3.26. The van der Waals surface area contributed by atoms with Crippen molar-refractivity contribution in [1.29, 1.82) is 0 Å². The van der Waals surface area contributed by atoms with E-state index in [1.165, 1.54) is 6.08 Å². The molecule has 0 saturated heterocycles. The second-order valence-corrected chi connectivity index (χ2v) is 7.70. The van der Waals surface area contributed by atoms with Crippen LogP contribution in [0.25, 0.3) is 0 Å². The number of benzene rings is 1. The van der Waals surface area contributed by atoms with Gasteiger partial charge in [-0.25, -0.2) is 0 Å². The molecular formula is C20H26F2N2O2. The standard InChI is InChI=1S/C20H26F2N2O2/c1-19(2,3)10-11-24-13-14-4-7-16(8-5-14)26-17-9-6-15(18(23)25)12-20(17,21)22/h4-9,24H,10-13H2,1-3H3,(H2,23,25). The molecule has 6 heteroatoms. The van der Waals surface area contributed by atoms with Crippen molar-refractivity contribution in [2.75, 3.05) is 6.54 Å². The van der Waals surface area contributed by atoms with Crippen LogP contribution in [0.15, 0.2) is 47.7 Å². The number of ether oxygens (including phenoxy) is 1. The molecule has 26 heavy (non-hydrogen) atoms. The maximum atomic E-state index is 14.1. The normalized spacial score (nSPS) is 16.7. The summed E-state index contributed by atoms with van der Waals surface area (Å²) in [5.41, 5.74) is 6.28. The van der Waals surface area contributed by atoms with Crippen LogP contribution in [0.4, 0.5) is 8.78 Å². The highest BCUT2D eigenvalue weighted by Crippen LogP contribution is 2.36. The Balaban J connectivity index is 1.93. The van der Waals surface area contributed by atoms with Crippen molar-refractivity contribution >= 4 is 5.91 Å². The number of nitrogens with two attached hydrogens (primary N) is 1. The second kappa shape index (κ2) is 7.99. The van der Waals surface area contributed by atoms with Crippen molar-refractivity contribution in [2.45, 2.75) is 46.1 Å². The number of hydrogen-bond donors (Lipinski definition) is 2. The molecule has 0 aromatic heterocycles. The number of halogens is 2. The number of nitrogens with one attached hydrogen (secondary N) is 1. The highest BCUT2D eigenvalue weighted by atomic mass is 19.3. The first-order valence-electron chi connectivity index (χ1n) is 8.63. The Labute approximate surface area is 153 Å². The van der Waals surface area contributed by atoms with Gasteiger partial charge in [0.25, 0.3) is 0 Å². The van der Waals surface area contributed by atoms with Gasteiger partial charge in [0.1, 0.15) is 5.75 Å². The summed E-state index contributed by atoms with van der Waals surface area (Å²) in [5.74, 6) is -4.26. The lowest BCUT2D eigenvalue weighted by atomic mass is 9.92. The van der Waals surface area contributed by atoms with E-state index in [2.05, 4.69) is 26.1 Å². The highest BCUT2D eigenvalue weighted by Gasteiger charge is 2.40. The van der Waals surface area contributed by atoms with Gasteiger partial charge in [0.15, 0.2) is 5.76 Å². The molecule has 0 atom stereocenters. The Morgan fingerprint density at radius 1 is 1.23 bits per heavy atom.